The Kier molecular flexibility index (Phi) is 6.64. The fraction of sp³-hybridized carbons (Fsp3) is 0.652. The first-order valence-corrected chi connectivity index (χ1v) is 11.3. The molecule has 1 unspecified atom stereocenters. The van der Waals surface area contributed by atoms with Crippen LogP contribution in [-0.2, 0) is 11.2 Å². The predicted octanol–water partition coefficient (Wildman–Crippen LogP) is 3.25. The van der Waals surface area contributed by atoms with Crippen LogP contribution in [0.2, 0.25) is 0 Å². The van der Waals surface area contributed by atoms with Gasteiger partial charge < -0.3 is 23.6 Å². The minimum atomic E-state index is -0.188. The Morgan fingerprint density at radius 1 is 1.22 bits per heavy atom. The average Bonchev–Trinajstić information content (AvgIpc) is 3.27. The molecule has 0 radical (unpaired) electrons. The van der Waals surface area contributed by atoms with Crippen molar-refractivity contribution in [3.8, 4) is 11.8 Å². The van der Waals surface area contributed by atoms with Crippen molar-refractivity contribution in [2.75, 3.05) is 33.9 Å². The maximum atomic E-state index is 13.1. The first-order chi connectivity index (χ1) is 15.4. The predicted molar refractivity (Wildman–Crippen MR) is 116 cm³/mol. The van der Waals surface area contributed by atoms with E-state index >= 15 is 0 Å². The van der Waals surface area contributed by atoms with Crippen LogP contribution in [0.3, 0.4) is 0 Å². The summed E-state index contributed by atoms with van der Waals surface area (Å²) in [6, 6.07) is 3.39. The van der Waals surface area contributed by atoms with Crippen molar-refractivity contribution < 1.29 is 23.5 Å². The third kappa shape index (κ3) is 4.72. The van der Waals surface area contributed by atoms with Crippen LogP contribution >= 0.6 is 0 Å². The number of amides is 1. The second-order valence-electron chi connectivity index (χ2n) is 9.00. The maximum absolute atomic E-state index is 13.1. The van der Waals surface area contributed by atoms with E-state index in [0.29, 0.717) is 36.3 Å². The summed E-state index contributed by atoms with van der Waals surface area (Å²) in [4.78, 5) is 23.7. The first kappa shape index (κ1) is 22.5. The van der Waals surface area contributed by atoms with E-state index in [-0.39, 0.29) is 23.3 Å². The fourth-order valence-electron chi connectivity index (χ4n) is 4.64. The summed E-state index contributed by atoms with van der Waals surface area (Å²) in [5, 5.41) is 4.16. The molecule has 2 saturated heterocycles. The van der Waals surface area contributed by atoms with Gasteiger partial charge in [-0.1, -0.05) is 19.0 Å². The molecular formula is C23H32N4O5. The van der Waals surface area contributed by atoms with Crippen molar-refractivity contribution in [2.45, 2.75) is 57.5 Å². The number of rotatable bonds is 6. The molecule has 2 fully saturated rings. The third-order valence-electron chi connectivity index (χ3n) is 6.47. The Hall–Kier alpha value is -2.68. The summed E-state index contributed by atoms with van der Waals surface area (Å²) in [7, 11) is 3.04. The normalized spacial score (nSPS) is 20.5. The third-order valence-corrected chi connectivity index (χ3v) is 6.47. The molecule has 1 atom stereocenters. The standard InChI is InChI=1S/C23H32N4O5/c1-15(2)20-24-18(26-32-20)13-16-7-12-31-23(14-16)8-10-27(11-9-23)22(28)17-5-6-19(29-3)25-21(17)30-4/h5-6,15-16H,7-14H2,1-4H3. The minimum absolute atomic E-state index is 0.0766. The van der Waals surface area contributed by atoms with Gasteiger partial charge in [0.1, 0.15) is 5.56 Å². The zero-order chi connectivity index (χ0) is 22.7. The highest BCUT2D eigenvalue weighted by Crippen LogP contribution is 2.39. The highest BCUT2D eigenvalue weighted by molar-refractivity contribution is 5.96. The molecule has 0 aromatic carbocycles. The number of carbonyl (C=O) groups excluding carboxylic acids is 1. The van der Waals surface area contributed by atoms with Crippen LogP contribution in [0.25, 0.3) is 0 Å². The van der Waals surface area contributed by atoms with Crippen LogP contribution in [-0.4, -0.2) is 65.4 Å². The van der Waals surface area contributed by atoms with Crippen molar-refractivity contribution >= 4 is 5.91 Å². The van der Waals surface area contributed by atoms with E-state index in [1.807, 2.05) is 18.7 Å². The van der Waals surface area contributed by atoms with Crippen LogP contribution in [0.4, 0.5) is 0 Å². The Morgan fingerprint density at radius 3 is 2.66 bits per heavy atom. The number of aromatic nitrogens is 3. The van der Waals surface area contributed by atoms with Gasteiger partial charge in [0.05, 0.1) is 19.8 Å². The quantitative estimate of drug-likeness (QED) is 0.669. The molecule has 32 heavy (non-hydrogen) atoms. The molecule has 1 spiro atoms. The van der Waals surface area contributed by atoms with Gasteiger partial charge in [-0.3, -0.25) is 4.79 Å². The number of carbonyl (C=O) groups is 1. The van der Waals surface area contributed by atoms with Gasteiger partial charge in [0.15, 0.2) is 5.82 Å². The number of nitrogens with zero attached hydrogens (tertiary/aromatic N) is 4. The number of pyridine rings is 1. The highest BCUT2D eigenvalue weighted by atomic mass is 16.5. The Bertz CT molecular complexity index is 936. The monoisotopic (exact) mass is 444 g/mol. The lowest BCUT2D eigenvalue weighted by Crippen LogP contribution is -2.51. The highest BCUT2D eigenvalue weighted by Gasteiger charge is 2.41. The second-order valence-corrected chi connectivity index (χ2v) is 9.00. The zero-order valence-electron chi connectivity index (χ0n) is 19.3. The summed E-state index contributed by atoms with van der Waals surface area (Å²) in [5.41, 5.74) is 0.261. The molecule has 2 aliphatic heterocycles. The van der Waals surface area contributed by atoms with Crippen molar-refractivity contribution in [1.82, 2.24) is 20.0 Å². The van der Waals surface area contributed by atoms with E-state index in [4.69, 9.17) is 18.7 Å². The number of hydrogen-bond donors (Lipinski definition) is 0. The van der Waals surface area contributed by atoms with Crippen LogP contribution in [0, 0.1) is 5.92 Å². The topological polar surface area (TPSA) is 99.8 Å². The Morgan fingerprint density at radius 2 is 2.00 bits per heavy atom. The van der Waals surface area contributed by atoms with Crippen molar-refractivity contribution in [3.63, 3.8) is 0 Å². The smallest absolute Gasteiger partial charge is 0.259 e. The van der Waals surface area contributed by atoms with Gasteiger partial charge in [0, 0.05) is 38.1 Å². The lowest BCUT2D eigenvalue weighted by molar-refractivity contribution is -0.123. The van der Waals surface area contributed by atoms with Crippen molar-refractivity contribution in [1.29, 1.82) is 0 Å². The molecule has 0 bridgehead atoms. The molecule has 0 saturated carbocycles. The van der Waals surface area contributed by atoms with E-state index in [0.717, 1.165) is 44.5 Å². The van der Waals surface area contributed by atoms with Crippen LogP contribution < -0.4 is 9.47 Å². The van der Waals surface area contributed by atoms with Crippen LogP contribution in [0.1, 0.15) is 67.5 Å². The average molecular weight is 445 g/mol. The molecule has 2 aromatic heterocycles. The molecule has 0 N–H and O–H groups in total. The summed E-state index contributed by atoms with van der Waals surface area (Å²) in [5.74, 6) is 2.78. The summed E-state index contributed by atoms with van der Waals surface area (Å²) < 4.78 is 22.1. The van der Waals surface area contributed by atoms with E-state index in [1.165, 1.54) is 14.2 Å². The summed E-state index contributed by atoms with van der Waals surface area (Å²) >= 11 is 0. The van der Waals surface area contributed by atoms with Gasteiger partial charge in [-0.25, -0.2) is 0 Å². The van der Waals surface area contributed by atoms with Crippen LogP contribution in [0.15, 0.2) is 16.7 Å². The molecule has 1 amide bonds. The molecule has 9 heteroatoms. The lowest BCUT2D eigenvalue weighted by Gasteiger charge is -2.46. The fourth-order valence-corrected chi connectivity index (χ4v) is 4.64. The molecular weight excluding hydrogens is 412 g/mol. The first-order valence-electron chi connectivity index (χ1n) is 11.3. The Labute approximate surface area is 188 Å². The van der Waals surface area contributed by atoms with E-state index in [2.05, 4.69) is 15.1 Å². The second kappa shape index (κ2) is 9.44. The van der Waals surface area contributed by atoms with Crippen LogP contribution in [0.5, 0.6) is 11.8 Å². The van der Waals surface area contributed by atoms with Gasteiger partial charge in [-0.05, 0) is 37.7 Å². The Balaban J connectivity index is 1.37. The van der Waals surface area contributed by atoms with E-state index < -0.39 is 0 Å². The van der Waals surface area contributed by atoms with Gasteiger partial charge in [-0.2, -0.15) is 9.97 Å². The van der Waals surface area contributed by atoms with Gasteiger partial charge in [0.25, 0.3) is 5.91 Å². The molecule has 4 heterocycles. The molecule has 0 aliphatic carbocycles. The van der Waals surface area contributed by atoms with Gasteiger partial charge in [0.2, 0.25) is 17.7 Å². The van der Waals surface area contributed by atoms with Crippen molar-refractivity contribution in [2.24, 2.45) is 5.92 Å². The molecule has 2 aromatic rings. The number of piperidine rings is 1. The van der Waals surface area contributed by atoms with Crippen molar-refractivity contribution in [3.05, 3.63) is 29.4 Å². The largest absolute Gasteiger partial charge is 0.481 e. The molecule has 9 nitrogen and oxygen atoms in total. The zero-order valence-corrected chi connectivity index (χ0v) is 19.3. The number of likely N-dealkylation sites (tertiary alicyclic amines) is 1. The molecule has 174 valence electrons. The van der Waals surface area contributed by atoms with E-state index in [9.17, 15) is 4.79 Å². The number of hydrogen-bond acceptors (Lipinski definition) is 8. The minimum Gasteiger partial charge on any atom is -0.481 e. The summed E-state index contributed by atoms with van der Waals surface area (Å²) in [6.07, 6.45) is 4.37. The molecule has 2 aliphatic rings. The molecule has 4 rings (SSSR count). The van der Waals surface area contributed by atoms with E-state index in [1.54, 1.807) is 12.1 Å². The number of methoxy groups -OCH3 is 2. The van der Waals surface area contributed by atoms with Gasteiger partial charge >= 0.3 is 0 Å². The van der Waals surface area contributed by atoms with Gasteiger partial charge in [-0.15, -0.1) is 0 Å². The maximum Gasteiger partial charge on any atom is 0.259 e. The lowest BCUT2D eigenvalue weighted by atomic mass is 9.78. The SMILES string of the molecule is COc1ccc(C(=O)N2CCC3(CC2)CC(Cc2noc(C(C)C)n2)CCO3)c(OC)n1. The summed E-state index contributed by atoms with van der Waals surface area (Å²) in [6.45, 7) is 6.10. The number of ether oxygens (including phenoxy) is 3.